The average Bonchev–Trinajstić information content (AvgIpc) is 2.22. The average molecular weight is 285 g/mol. The van der Waals surface area contributed by atoms with Crippen molar-refractivity contribution in [3.8, 4) is 0 Å². The van der Waals surface area contributed by atoms with Gasteiger partial charge in [0.05, 0.1) is 0 Å². The highest BCUT2D eigenvalue weighted by Gasteiger charge is 2.29. The van der Waals surface area contributed by atoms with E-state index in [-0.39, 0.29) is 5.91 Å². The quantitative estimate of drug-likeness (QED) is 0.874. The molecule has 1 unspecified atom stereocenters. The Bertz CT molecular complexity index is 364. The maximum absolute atomic E-state index is 11.4. The maximum atomic E-state index is 11.4. The topological polar surface area (TPSA) is 55.1 Å². The van der Waals surface area contributed by atoms with Gasteiger partial charge in [-0.15, -0.1) is 0 Å². The molecule has 0 radical (unpaired) electrons. The number of nitrogens with two attached hydrogens (primary N) is 1. The summed E-state index contributed by atoms with van der Waals surface area (Å²) in [5, 5.41) is 3.19. The van der Waals surface area contributed by atoms with Gasteiger partial charge in [0.25, 0.3) is 0 Å². The van der Waals surface area contributed by atoms with Crippen LogP contribution >= 0.6 is 15.9 Å². The van der Waals surface area contributed by atoms with Crippen LogP contribution in [0.2, 0.25) is 0 Å². The van der Waals surface area contributed by atoms with Crippen LogP contribution in [0.3, 0.4) is 0 Å². The number of hydrogen-bond donors (Lipinski definition) is 2. The number of anilines is 1. The molecular weight excluding hydrogens is 268 g/mol. The smallest absolute Gasteiger partial charge is 0.242 e. The Kier molecular flexibility index (Phi) is 4.35. The molecule has 1 aromatic rings. The molecule has 0 spiro atoms. The van der Waals surface area contributed by atoms with Gasteiger partial charge in [0.15, 0.2) is 0 Å². The van der Waals surface area contributed by atoms with E-state index in [4.69, 9.17) is 5.73 Å². The first kappa shape index (κ1) is 13.0. The summed E-state index contributed by atoms with van der Waals surface area (Å²) in [5.74, 6) is -0.322. The van der Waals surface area contributed by atoms with E-state index >= 15 is 0 Å². The van der Waals surface area contributed by atoms with E-state index < -0.39 is 5.54 Å². The van der Waals surface area contributed by atoms with Crippen molar-refractivity contribution in [2.75, 3.05) is 5.32 Å². The fourth-order valence-electron chi connectivity index (χ4n) is 1.60. The van der Waals surface area contributed by atoms with E-state index in [2.05, 4.69) is 21.2 Å². The molecule has 88 valence electrons. The zero-order valence-corrected chi connectivity index (χ0v) is 11.2. The zero-order valence-electron chi connectivity index (χ0n) is 9.59. The number of halogens is 1. The van der Waals surface area contributed by atoms with Crippen molar-refractivity contribution < 1.29 is 4.79 Å². The summed E-state index contributed by atoms with van der Waals surface area (Å²) in [7, 11) is 0. The van der Waals surface area contributed by atoms with E-state index in [1.807, 2.05) is 38.1 Å². The van der Waals surface area contributed by atoms with Crippen LogP contribution in [0.5, 0.6) is 0 Å². The molecule has 0 bridgehead atoms. The van der Waals surface area contributed by atoms with Crippen LogP contribution in [0.4, 0.5) is 5.69 Å². The molecule has 4 heteroatoms. The van der Waals surface area contributed by atoms with Gasteiger partial charge in [-0.25, -0.2) is 0 Å². The van der Waals surface area contributed by atoms with Gasteiger partial charge < -0.3 is 11.1 Å². The molecule has 0 saturated carbocycles. The molecular formula is C12H17BrN2O. The summed E-state index contributed by atoms with van der Waals surface area (Å²) in [6, 6.07) is 7.69. The minimum atomic E-state index is -0.678. The Hall–Kier alpha value is -1.03. The number of nitrogens with one attached hydrogen (secondary N) is 1. The van der Waals surface area contributed by atoms with E-state index in [1.165, 1.54) is 0 Å². The number of hydrogen-bond acceptors (Lipinski definition) is 2. The molecule has 1 amide bonds. The van der Waals surface area contributed by atoms with Crippen LogP contribution in [0, 0.1) is 0 Å². The summed E-state index contributed by atoms with van der Waals surface area (Å²) < 4.78 is 1.01. The highest BCUT2D eigenvalue weighted by atomic mass is 79.9. The summed E-state index contributed by atoms with van der Waals surface area (Å²) in [4.78, 5) is 11.4. The summed E-state index contributed by atoms with van der Waals surface area (Å²) in [5.41, 5.74) is 5.65. The predicted molar refractivity (Wildman–Crippen MR) is 70.3 cm³/mol. The Morgan fingerprint density at radius 3 is 2.44 bits per heavy atom. The van der Waals surface area contributed by atoms with Gasteiger partial charge >= 0.3 is 0 Å². The van der Waals surface area contributed by atoms with Crippen LogP contribution in [0.1, 0.15) is 26.7 Å². The molecule has 0 fully saturated rings. The highest BCUT2D eigenvalue weighted by molar-refractivity contribution is 9.10. The van der Waals surface area contributed by atoms with Crippen molar-refractivity contribution in [2.24, 2.45) is 5.73 Å². The van der Waals surface area contributed by atoms with Gasteiger partial charge in [-0.2, -0.15) is 0 Å². The molecule has 3 N–H and O–H groups in total. The standard InChI is InChI=1S/C12H17BrN2O/c1-3-8-12(2,11(14)16)15-10-6-4-9(13)5-7-10/h4-7,15H,3,8H2,1-2H3,(H2,14,16). The molecule has 16 heavy (non-hydrogen) atoms. The monoisotopic (exact) mass is 284 g/mol. The molecule has 0 heterocycles. The second-order valence-electron chi connectivity index (χ2n) is 4.08. The second-order valence-corrected chi connectivity index (χ2v) is 4.99. The highest BCUT2D eigenvalue weighted by Crippen LogP contribution is 2.21. The molecule has 0 aromatic heterocycles. The number of carbonyl (C=O) groups excluding carboxylic acids is 1. The normalized spacial score (nSPS) is 14.2. The first-order chi connectivity index (χ1) is 7.48. The van der Waals surface area contributed by atoms with Crippen LogP contribution < -0.4 is 11.1 Å². The first-order valence-electron chi connectivity index (χ1n) is 5.31. The molecule has 1 aromatic carbocycles. The third-order valence-electron chi connectivity index (χ3n) is 2.56. The van der Waals surface area contributed by atoms with E-state index in [9.17, 15) is 4.79 Å². The summed E-state index contributed by atoms with van der Waals surface area (Å²) in [6.07, 6.45) is 1.63. The van der Waals surface area contributed by atoms with Gasteiger partial charge in [0, 0.05) is 10.2 Å². The first-order valence-corrected chi connectivity index (χ1v) is 6.11. The number of carbonyl (C=O) groups is 1. The molecule has 1 rings (SSSR count). The fourth-order valence-corrected chi connectivity index (χ4v) is 1.86. The Morgan fingerprint density at radius 1 is 1.44 bits per heavy atom. The summed E-state index contributed by atoms with van der Waals surface area (Å²) >= 11 is 3.37. The van der Waals surface area contributed by atoms with Crippen LogP contribution in [-0.4, -0.2) is 11.4 Å². The van der Waals surface area contributed by atoms with Crippen molar-refractivity contribution in [3.63, 3.8) is 0 Å². The van der Waals surface area contributed by atoms with Crippen LogP contribution in [0.25, 0.3) is 0 Å². The minimum Gasteiger partial charge on any atom is -0.371 e. The summed E-state index contributed by atoms with van der Waals surface area (Å²) in [6.45, 7) is 3.87. The van der Waals surface area contributed by atoms with Crippen molar-refractivity contribution in [2.45, 2.75) is 32.2 Å². The molecule has 0 aliphatic carbocycles. The Balaban J connectivity index is 2.83. The number of primary amides is 1. The lowest BCUT2D eigenvalue weighted by molar-refractivity contribution is -0.122. The third-order valence-corrected chi connectivity index (χ3v) is 3.09. The van der Waals surface area contributed by atoms with Crippen molar-refractivity contribution in [3.05, 3.63) is 28.7 Å². The van der Waals surface area contributed by atoms with Gasteiger partial charge in [0.2, 0.25) is 5.91 Å². The third kappa shape index (κ3) is 3.23. The maximum Gasteiger partial charge on any atom is 0.242 e. The number of benzene rings is 1. The minimum absolute atomic E-state index is 0.322. The largest absolute Gasteiger partial charge is 0.371 e. The van der Waals surface area contributed by atoms with Gasteiger partial charge in [0.1, 0.15) is 5.54 Å². The molecule has 0 aliphatic rings. The van der Waals surface area contributed by atoms with Gasteiger partial charge in [-0.1, -0.05) is 29.3 Å². The zero-order chi connectivity index (χ0) is 12.2. The lowest BCUT2D eigenvalue weighted by atomic mass is 9.95. The molecule has 0 aliphatic heterocycles. The van der Waals surface area contributed by atoms with Crippen LogP contribution in [0.15, 0.2) is 28.7 Å². The van der Waals surface area contributed by atoms with E-state index in [0.717, 1.165) is 23.0 Å². The lowest BCUT2D eigenvalue weighted by Crippen LogP contribution is -2.47. The van der Waals surface area contributed by atoms with Crippen molar-refractivity contribution in [1.82, 2.24) is 0 Å². The molecule has 3 nitrogen and oxygen atoms in total. The Labute approximate surface area is 105 Å². The van der Waals surface area contributed by atoms with Crippen LogP contribution in [-0.2, 0) is 4.79 Å². The number of rotatable bonds is 5. The second kappa shape index (κ2) is 5.34. The SMILES string of the molecule is CCCC(C)(Nc1ccc(Br)cc1)C(N)=O. The van der Waals surface area contributed by atoms with Crippen molar-refractivity contribution >= 4 is 27.5 Å². The van der Waals surface area contributed by atoms with Gasteiger partial charge in [-0.05, 0) is 37.6 Å². The van der Waals surface area contributed by atoms with Gasteiger partial charge in [-0.3, -0.25) is 4.79 Å². The molecule has 1 atom stereocenters. The Morgan fingerprint density at radius 2 is 2.00 bits per heavy atom. The number of amides is 1. The predicted octanol–water partition coefficient (Wildman–Crippen LogP) is 2.91. The fraction of sp³-hybridized carbons (Fsp3) is 0.417. The van der Waals surface area contributed by atoms with Crippen molar-refractivity contribution in [1.29, 1.82) is 0 Å². The van der Waals surface area contributed by atoms with E-state index in [1.54, 1.807) is 0 Å². The molecule has 0 saturated heterocycles. The van der Waals surface area contributed by atoms with E-state index in [0.29, 0.717) is 0 Å². The lowest BCUT2D eigenvalue weighted by Gasteiger charge is -2.28.